The van der Waals surface area contributed by atoms with Crippen LogP contribution >= 0.6 is 11.6 Å². The zero-order valence-corrected chi connectivity index (χ0v) is 8.67. The topological polar surface area (TPSA) is 30.2 Å². The van der Waals surface area contributed by atoms with Crippen molar-refractivity contribution in [2.75, 3.05) is 0 Å². The average Bonchev–Trinajstić information content (AvgIpc) is 2.18. The Kier molecular flexibility index (Phi) is 3.72. The average molecular weight is 211 g/mol. The second-order valence-corrected chi connectivity index (χ2v) is 2.95. The highest BCUT2D eigenvalue weighted by Gasteiger charge is 1.98. The number of rotatable bonds is 2. The predicted molar refractivity (Wildman–Crippen MR) is 58.6 cm³/mol. The van der Waals surface area contributed by atoms with Crippen molar-refractivity contribution in [2.45, 2.75) is 12.8 Å². The molecule has 0 spiro atoms. The lowest BCUT2D eigenvalue weighted by Gasteiger charge is -1.94. The quantitative estimate of drug-likeness (QED) is 0.686. The van der Waals surface area contributed by atoms with Crippen molar-refractivity contribution in [3.8, 4) is 0 Å². The molecule has 1 aromatic rings. The minimum absolute atomic E-state index is 0.0810. The smallest absolute Gasteiger partial charge is 0.192 e. The number of hydrogen-bond acceptors (Lipinski definition) is 2. The fourth-order valence-corrected chi connectivity index (χ4v) is 1.28. The van der Waals surface area contributed by atoms with Gasteiger partial charge in [0, 0.05) is 6.07 Å². The van der Waals surface area contributed by atoms with E-state index in [1.54, 1.807) is 25.2 Å². The van der Waals surface area contributed by atoms with Gasteiger partial charge < -0.3 is 4.42 Å². The van der Waals surface area contributed by atoms with Gasteiger partial charge in [0.15, 0.2) is 5.43 Å². The first-order valence-electron chi connectivity index (χ1n) is 4.21. The molecule has 0 radical (unpaired) electrons. The molecule has 0 bridgehead atoms. The first-order valence-corrected chi connectivity index (χ1v) is 4.74. The van der Waals surface area contributed by atoms with Gasteiger partial charge in [-0.15, -0.1) is 11.6 Å². The van der Waals surface area contributed by atoms with Crippen LogP contribution in [0.5, 0.6) is 0 Å². The Bertz CT molecular complexity index is 497. The van der Waals surface area contributed by atoms with Gasteiger partial charge in [-0.3, -0.25) is 4.79 Å². The van der Waals surface area contributed by atoms with Gasteiger partial charge in [-0.1, -0.05) is 18.7 Å². The van der Waals surface area contributed by atoms with E-state index in [2.05, 4.69) is 6.58 Å². The third-order valence-corrected chi connectivity index (χ3v) is 2.02. The molecule has 3 heteroatoms. The van der Waals surface area contributed by atoms with Crippen molar-refractivity contribution in [1.29, 1.82) is 0 Å². The SMILES string of the molecule is C=C/C=c1/oc(CCl)cc(=O)/c1=C/C. The number of halogens is 1. The van der Waals surface area contributed by atoms with Crippen LogP contribution in [0.3, 0.4) is 0 Å². The van der Waals surface area contributed by atoms with E-state index in [1.165, 1.54) is 6.07 Å². The lowest BCUT2D eigenvalue weighted by molar-refractivity contribution is 0.473. The van der Waals surface area contributed by atoms with Gasteiger partial charge in [-0.05, 0) is 13.0 Å². The van der Waals surface area contributed by atoms with E-state index in [1.807, 2.05) is 0 Å². The molecule has 0 N–H and O–H groups in total. The molecule has 0 fully saturated rings. The fraction of sp³-hybridized carbons (Fsp3) is 0.182. The molecular weight excluding hydrogens is 200 g/mol. The van der Waals surface area contributed by atoms with E-state index in [0.717, 1.165) is 0 Å². The number of hydrogen-bond donors (Lipinski definition) is 0. The summed E-state index contributed by atoms with van der Waals surface area (Å²) in [5.41, 5.74) is 0.424. The van der Waals surface area contributed by atoms with Crippen LogP contribution in [-0.2, 0) is 5.88 Å². The third kappa shape index (κ3) is 2.15. The standard InChI is InChI=1S/C11H11ClO2/c1-3-5-11-9(4-2)10(13)6-8(7-12)14-11/h3-6H,1,7H2,2H3/b9-4-,11-5+. The minimum atomic E-state index is -0.0810. The molecule has 74 valence electrons. The van der Waals surface area contributed by atoms with Gasteiger partial charge in [-0.25, -0.2) is 0 Å². The molecule has 1 heterocycles. The Labute approximate surface area is 86.8 Å². The lowest BCUT2D eigenvalue weighted by Crippen LogP contribution is -2.38. The number of allylic oxidation sites excluding steroid dienone is 1. The zero-order valence-electron chi connectivity index (χ0n) is 7.92. The first kappa shape index (κ1) is 10.8. The molecule has 0 unspecified atom stereocenters. The largest absolute Gasteiger partial charge is 0.460 e. The third-order valence-electron chi connectivity index (χ3n) is 1.75. The zero-order chi connectivity index (χ0) is 10.6. The van der Waals surface area contributed by atoms with Crippen molar-refractivity contribution < 1.29 is 4.42 Å². The van der Waals surface area contributed by atoms with Crippen LogP contribution in [0.1, 0.15) is 12.7 Å². The van der Waals surface area contributed by atoms with Crippen LogP contribution in [-0.4, -0.2) is 0 Å². The van der Waals surface area contributed by atoms with Crippen LogP contribution in [0.25, 0.3) is 12.2 Å². The molecular formula is C11H11ClO2. The highest BCUT2D eigenvalue weighted by Crippen LogP contribution is 1.94. The summed E-state index contributed by atoms with van der Waals surface area (Å²) in [5.74, 6) is 0.660. The summed E-state index contributed by atoms with van der Waals surface area (Å²) in [5, 5.41) is 0.541. The monoisotopic (exact) mass is 210 g/mol. The van der Waals surface area contributed by atoms with Crippen LogP contribution in [0.4, 0.5) is 0 Å². The second kappa shape index (κ2) is 4.82. The molecule has 0 saturated heterocycles. The van der Waals surface area contributed by atoms with Crippen molar-refractivity contribution in [3.05, 3.63) is 45.3 Å². The van der Waals surface area contributed by atoms with E-state index in [0.29, 0.717) is 16.4 Å². The highest BCUT2D eigenvalue weighted by molar-refractivity contribution is 6.16. The van der Waals surface area contributed by atoms with Crippen LogP contribution in [0.2, 0.25) is 0 Å². The molecule has 0 aromatic carbocycles. The molecule has 0 aliphatic carbocycles. The molecule has 2 nitrogen and oxygen atoms in total. The summed E-state index contributed by atoms with van der Waals surface area (Å²) in [6.45, 7) is 5.34. The minimum Gasteiger partial charge on any atom is -0.460 e. The fourth-order valence-electron chi connectivity index (χ4n) is 1.15. The van der Waals surface area contributed by atoms with E-state index in [4.69, 9.17) is 16.0 Å². The molecule has 14 heavy (non-hydrogen) atoms. The van der Waals surface area contributed by atoms with Gasteiger partial charge in [0.1, 0.15) is 11.2 Å². The first-order chi connectivity index (χ1) is 6.72. The van der Waals surface area contributed by atoms with E-state index < -0.39 is 0 Å². The molecule has 1 aromatic heterocycles. The molecule has 0 aliphatic rings. The Hall–Kier alpha value is -1.28. The summed E-state index contributed by atoms with van der Waals surface area (Å²) >= 11 is 5.58. The van der Waals surface area contributed by atoms with Gasteiger partial charge in [0.05, 0.1) is 11.1 Å². The normalized spacial score (nSPS) is 13.3. The predicted octanol–water partition coefficient (Wildman–Crippen LogP) is 1.15. The summed E-state index contributed by atoms with van der Waals surface area (Å²) < 4.78 is 5.38. The Morgan fingerprint density at radius 2 is 2.36 bits per heavy atom. The van der Waals surface area contributed by atoms with Gasteiger partial charge in [0.2, 0.25) is 0 Å². The Balaban J connectivity index is 3.70. The summed E-state index contributed by atoms with van der Waals surface area (Å²) in [6.07, 6.45) is 4.93. The maximum absolute atomic E-state index is 11.5. The van der Waals surface area contributed by atoms with E-state index >= 15 is 0 Å². The Morgan fingerprint density at radius 1 is 1.64 bits per heavy atom. The van der Waals surface area contributed by atoms with Crippen molar-refractivity contribution in [1.82, 2.24) is 0 Å². The van der Waals surface area contributed by atoms with Crippen LogP contribution in [0, 0.1) is 0 Å². The number of alkyl halides is 1. The van der Waals surface area contributed by atoms with Gasteiger partial charge in [-0.2, -0.15) is 0 Å². The maximum atomic E-state index is 11.5. The second-order valence-electron chi connectivity index (χ2n) is 2.68. The molecule has 0 atom stereocenters. The highest BCUT2D eigenvalue weighted by atomic mass is 35.5. The van der Waals surface area contributed by atoms with E-state index in [9.17, 15) is 4.79 Å². The maximum Gasteiger partial charge on any atom is 0.192 e. The van der Waals surface area contributed by atoms with Crippen molar-refractivity contribution in [3.63, 3.8) is 0 Å². The molecule has 0 saturated carbocycles. The lowest BCUT2D eigenvalue weighted by atomic mass is 10.3. The van der Waals surface area contributed by atoms with Crippen LogP contribution in [0.15, 0.2) is 27.9 Å². The summed E-state index contributed by atoms with van der Waals surface area (Å²) in [4.78, 5) is 11.5. The molecule has 0 amide bonds. The van der Waals surface area contributed by atoms with Crippen LogP contribution < -0.4 is 16.1 Å². The summed E-state index contributed by atoms with van der Waals surface area (Å²) in [6, 6.07) is 1.41. The Morgan fingerprint density at radius 3 is 2.86 bits per heavy atom. The van der Waals surface area contributed by atoms with Crippen molar-refractivity contribution >= 4 is 23.8 Å². The molecule has 1 rings (SSSR count). The van der Waals surface area contributed by atoms with E-state index in [-0.39, 0.29) is 11.3 Å². The molecule has 0 aliphatic heterocycles. The van der Waals surface area contributed by atoms with Crippen molar-refractivity contribution in [2.24, 2.45) is 0 Å². The van der Waals surface area contributed by atoms with Gasteiger partial charge >= 0.3 is 0 Å². The van der Waals surface area contributed by atoms with Gasteiger partial charge in [0.25, 0.3) is 0 Å². The summed E-state index contributed by atoms with van der Waals surface area (Å²) in [7, 11) is 0.